The van der Waals surface area contributed by atoms with E-state index in [1.807, 2.05) is 54.6 Å². The molecule has 1 heterocycles. The van der Waals surface area contributed by atoms with E-state index in [2.05, 4.69) is 5.16 Å². The van der Waals surface area contributed by atoms with Gasteiger partial charge in [0.1, 0.15) is 11.5 Å². The van der Waals surface area contributed by atoms with Crippen LogP contribution in [0.5, 0.6) is 11.5 Å². The van der Waals surface area contributed by atoms with Gasteiger partial charge in [-0.1, -0.05) is 23.4 Å². The molecule has 3 N–H and O–H groups in total. The van der Waals surface area contributed by atoms with Crippen LogP contribution in [0.3, 0.4) is 0 Å². The van der Waals surface area contributed by atoms with E-state index >= 15 is 0 Å². The molecule has 130 valence electrons. The van der Waals surface area contributed by atoms with Crippen molar-refractivity contribution in [3.8, 4) is 11.5 Å². The van der Waals surface area contributed by atoms with E-state index in [0.717, 1.165) is 22.8 Å². The van der Waals surface area contributed by atoms with Crippen molar-refractivity contribution in [1.82, 2.24) is 5.06 Å². The Morgan fingerprint density at radius 3 is 2.52 bits per heavy atom. The quantitative estimate of drug-likeness (QED) is 0.645. The van der Waals surface area contributed by atoms with Gasteiger partial charge in [0.25, 0.3) is 0 Å². The summed E-state index contributed by atoms with van der Waals surface area (Å²) in [5.74, 6) is 1.48. The highest BCUT2D eigenvalue weighted by molar-refractivity contribution is 6.01. The van der Waals surface area contributed by atoms with E-state index < -0.39 is 18.2 Å². The molecule has 0 aliphatic carbocycles. The largest absolute Gasteiger partial charge is 0.457 e. The average molecular weight is 341 g/mol. The highest BCUT2D eigenvalue weighted by Crippen LogP contribution is 2.25. The van der Waals surface area contributed by atoms with Crippen molar-refractivity contribution in [3.63, 3.8) is 0 Å². The van der Waals surface area contributed by atoms with E-state index in [1.54, 1.807) is 6.92 Å². The summed E-state index contributed by atoms with van der Waals surface area (Å²) < 4.78 is 5.75. The van der Waals surface area contributed by atoms with Crippen molar-refractivity contribution in [2.24, 2.45) is 10.9 Å². The summed E-state index contributed by atoms with van der Waals surface area (Å²) >= 11 is 0. The molecule has 2 aromatic rings. The molecule has 0 bridgehead atoms. The first kappa shape index (κ1) is 16.8. The normalized spacial score (nSPS) is 17.4. The Morgan fingerprint density at radius 1 is 1.24 bits per heavy atom. The lowest BCUT2D eigenvalue weighted by molar-refractivity contribution is -0.111. The standard InChI is InChI=1S/C18H19N3O4/c1-12(21(23)18(19)22)17-11-16(20-25-17)13-7-9-15(10-8-13)24-14-5-3-2-4-6-14/h2-10,12,17,23H,11H2,1H3,(H2,19,22). The number of para-hydroxylation sites is 1. The average Bonchev–Trinajstić information content (AvgIpc) is 3.12. The number of nitrogens with two attached hydrogens (primary N) is 1. The Hall–Kier alpha value is -3.06. The lowest BCUT2D eigenvalue weighted by Gasteiger charge is -2.24. The molecule has 7 heteroatoms. The van der Waals surface area contributed by atoms with Crippen LogP contribution in [0.1, 0.15) is 18.9 Å². The summed E-state index contributed by atoms with van der Waals surface area (Å²) in [6, 6.07) is 15.5. The molecular formula is C18H19N3O4. The maximum Gasteiger partial charge on any atom is 0.338 e. The molecule has 2 unspecified atom stereocenters. The number of primary amides is 1. The van der Waals surface area contributed by atoms with Gasteiger partial charge in [-0.05, 0) is 48.9 Å². The Morgan fingerprint density at radius 2 is 1.88 bits per heavy atom. The topological polar surface area (TPSA) is 97.4 Å². The van der Waals surface area contributed by atoms with Gasteiger partial charge in [-0.15, -0.1) is 0 Å². The summed E-state index contributed by atoms with van der Waals surface area (Å²) in [6.07, 6.45) is 0.0115. The number of hydroxylamine groups is 2. The molecule has 0 fully saturated rings. The summed E-state index contributed by atoms with van der Waals surface area (Å²) in [5, 5.41) is 14.1. The molecule has 1 aliphatic rings. The molecule has 25 heavy (non-hydrogen) atoms. The molecule has 3 rings (SSSR count). The van der Waals surface area contributed by atoms with Gasteiger partial charge >= 0.3 is 6.03 Å². The van der Waals surface area contributed by atoms with E-state index in [-0.39, 0.29) is 0 Å². The fourth-order valence-electron chi connectivity index (χ4n) is 2.52. The third-order valence-electron chi connectivity index (χ3n) is 4.01. The van der Waals surface area contributed by atoms with Gasteiger partial charge in [0, 0.05) is 6.42 Å². The molecule has 0 saturated carbocycles. The molecule has 0 spiro atoms. The van der Waals surface area contributed by atoms with Crippen LogP contribution in [0.2, 0.25) is 0 Å². The number of ether oxygens (including phenoxy) is 1. The van der Waals surface area contributed by atoms with E-state index in [0.29, 0.717) is 11.5 Å². The van der Waals surface area contributed by atoms with Crippen LogP contribution in [0, 0.1) is 0 Å². The molecule has 7 nitrogen and oxygen atoms in total. The predicted molar refractivity (Wildman–Crippen MR) is 91.7 cm³/mol. The molecule has 0 saturated heterocycles. The Labute approximate surface area is 145 Å². The number of carbonyl (C=O) groups excluding carboxylic acids is 1. The molecule has 0 radical (unpaired) electrons. The molecule has 1 aliphatic heterocycles. The monoisotopic (exact) mass is 341 g/mol. The van der Waals surface area contributed by atoms with Crippen LogP contribution < -0.4 is 10.5 Å². The summed E-state index contributed by atoms with van der Waals surface area (Å²) in [7, 11) is 0. The zero-order chi connectivity index (χ0) is 17.8. The lowest BCUT2D eigenvalue weighted by atomic mass is 10.0. The maximum absolute atomic E-state index is 11.0. The SMILES string of the molecule is CC(C1CC(c2ccc(Oc3ccccc3)cc2)=NO1)N(O)C(N)=O. The fraction of sp³-hybridized carbons (Fsp3) is 0.222. The van der Waals surface area contributed by atoms with Crippen molar-refractivity contribution in [2.75, 3.05) is 0 Å². The highest BCUT2D eigenvalue weighted by atomic mass is 16.6. The zero-order valence-corrected chi connectivity index (χ0v) is 13.7. The van der Waals surface area contributed by atoms with Gasteiger partial charge in [-0.25, -0.2) is 4.79 Å². The van der Waals surface area contributed by atoms with Crippen LogP contribution >= 0.6 is 0 Å². The minimum absolute atomic E-state index is 0.451. The first-order chi connectivity index (χ1) is 12.0. The maximum atomic E-state index is 11.0. The van der Waals surface area contributed by atoms with Crippen LogP contribution in [0.4, 0.5) is 4.79 Å². The van der Waals surface area contributed by atoms with Gasteiger partial charge in [-0.3, -0.25) is 5.21 Å². The minimum Gasteiger partial charge on any atom is -0.457 e. The van der Waals surface area contributed by atoms with Gasteiger partial charge in [0.2, 0.25) is 0 Å². The van der Waals surface area contributed by atoms with Crippen LogP contribution in [0.25, 0.3) is 0 Å². The molecular weight excluding hydrogens is 322 g/mol. The number of oxime groups is 1. The van der Waals surface area contributed by atoms with Crippen LogP contribution in [-0.4, -0.2) is 34.2 Å². The van der Waals surface area contributed by atoms with Crippen molar-refractivity contribution in [3.05, 3.63) is 60.2 Å². The van der Waals surface area contributed by atoms with Crippen LogP contribution in [0.15, 0.2) is 59.8 Å². The number of urea groups is 1. The number of nitrogens with zero attached hydrogens (tertiary/aromatic N) is 2. The third kappa shape index (κ3) is 3.89. The predicted octanol–water partition coefficient (Wildman–Crippen LogP) is 3.13. The lowest BCUT2D eigenvalue weighted by Crippen LogP contribution is -2.45. The number of rotatable bonds is 5. The fourth-order valence-corrected chi connectivity index (χ4v) is 2.52. The van der Waals surface area contributed by atoms with Crippen molar-refractivity contribution in [2.45, 2.75) is 25.5 Å². The van der Waals surface area contributed by atoms with Crippen molar-refractivity contribution < 1.29 is 19.6 Å². The van der Waals surface area contributed by atoms with E-state index in [9.17, 15) is 10.0 Å². The smallest absolute Gasteiger partial charge is 0.338 e. The van der Waals surface area contributed by atoms with Gasteiger partial charge in [-0.2, -0.15) is 5.06 Å². The zero-order valence-electron chi connectivity index (χ0n) is 13.7. The second kappa shape index (κ2) is 7.23. The molecule has 0 aromatic heterocycles. The van der Waals surface area contributed by atoms with Gasteiger partial charge in [0.15, 0.2) is 6.10 Å². The summed E-state index contributed by atoms with van der Waals surface area (Å²) in [4.78, 5) is 16.4. The molecule has 2 amide bonds. The summed E-state index contributed by atoms with van der Waals surface area (Å²) in [5.41, 5.74) is 6.69. The van der Waals surface area contributed by atoms with E-state index in [1.165, 1.54) is 0 Å². The van der Waals surface area contributed by atoms with Gasteiger partial charge in [0.05, 0.1) is 11.8 Å². The Bertz CT molecular complexity index is 762. The second-order valence-corrected chi connectivity index (χ2v) is 5.75. The number of hydrogen-bond acceptors (Lipinski definition) is 5. The van der Waals surface area contributed by atoms with Crippen molar-refractivity contribution >= 4 is 11.7 Å². The van der Waals surface area contributed by atoms with Crippen molar-refractivity contribution in [1.29, 1.82) is 0 Å². The van der Waals surface area contributed by atoms with Gasteiger partial charge < -0.3 is 15.3 Å². The molecule has 2 atom stereocenters. The van der Waals surface area contributed by atoms with E-state index in [4.69, 9.17) is 15.3 Å². The first-order valence-corrected chi connectivity index (χ1v) is 7.88. The number of carbonyl (C=O) groups is 1. The Kier molecular flexibility index (Phi) is 4.85. The van der Waals surface area contributed by atoms with Crippen LogP contribution in [-0.2, 0) is 4.84 Å². The highest BCUT2D eigenvalue weighted by Gasteiger charge is 2.32. The third-order valence-corrected chi connectivity index (χ3v) is 4.01. The molecule has 2 aromatic carbocycles. The first-order valence-electron chi connectivity index (χ1n) is 7.88. The number of amides is 2. The Balaban J connectivity index is 1.63. The number of benzene rings is 2. The minimum atomic E-state index is -0.924. The summed E-state index contributed by atoms with van der Waals surface area (Å²) in [6.45, 7) is 1.64. The number of hydrogen-bond donors (Lipinski definition) is 2. The second-order valence-electron chi connectivity index (χ2n) is 5.75.